The molecule has 7 aromatic carbocycles. The molecule has 0 unspecified atom stereocenters. The van der Waals surface area contributed by atoms with Gasteiger partial charge in [-0.25, -0.2) is 4.98 Å². The molecule has 0 aliphatic rings. The van der Waals surface area contributed by atoms with E-state index in [1.165, 1.54) is 32.6 Å². The molecule has 0 spiro atoms. The molecule has 0 saturated heterocycles. The molecule has 4 nitrogen and oxygen atoms in total. The van der Waals surface area contributed by atoms with Crippen molar-refractivity contribution in [2.45, 2.75) is 0 Å². The van der Waals surface area contributed by atoms with Gasteiger partial charge < -0.3 is 8.98 Å². The molecule has 0 atom stereocenters. The lowest BCUT2D eigenvalue weighted by atomic mass is 10.0. The summed E-state index contributed by atoms with van der Waals surface area (Å²) >= 11 is 1.73. The van der Waals surface area contributed by atoms with Crippen LogP contribution in [-0.4, -0.2) is 14.1 Å². The maximum atomic E-state index is 6.59. The van der Waals surface area contributed by atoms with Gasteiger partial charge in [-0.1, -0.05) is 121 Å². The molecule has 48 heavy (non-hydrogen) atoms. The second kappa shape index (κ2) is 9.67. The molecule has 0 amide bonds. The number of rotatable bonds is 3. The summed E-state index contributed by atoms with van der Waals surface area (Å²) in [6.45, 7) is 0. The maximum Gasteiger partial charge on any atom is 0.195 e. The predicted octanol–water partition coefficient (Wildman–Crippen LogP) is 12.1. The Morgan fingerprint density at radius 2 is 1.19 bits per heavy atom. The van der Waals surface area contributed by atoms with Gasteiger partial charge in [0.25, 0.3) is 0 Å². The van der Waals surface area contributed by atoms with Crippen molar-refractivity contribution < 1.29 is 4.42 Å². The number of benzene rings is 7. The van der Waals surface area contributed by atoms with Crippen molar-refractivity contribution in [3.63, 3.8) is 0 Å². The van der Waals surface area contributed by atoms with Gasteiger partial charge in [-0.05, 0) is 48.0 Å². The third-order valence-corrected chi connectivity index (χ3v) is 10.8. The van der Waals surface area contributed by atoms with Gasteiger partial charge in [0.15, 0.2) is 5.13 Å². The lowest BCUT2D eigenvalue weighted by molar-refractivity contribution is 0.670. The SMILES string of the molecule is c1ccc(-c2cc3nc(-n4c5ccccc5c5c4ccc4c6ccccc6n(-c6ccccc6)c45)sc3c3c2oc2ccccc23)cc1. The van der Waals surface area contributed by atoms with Gasteiger partial charge in [0, 0.05) is 43.6 Å². The molecule has 0 radical (unpaired) electrons. The summed E-state index contributed by atoms with van der Waals surface area (Å²) in [6.07, 6.45) is 0. The van der Waals surface area contributed by atoms with Crippen LogP contribution >= 0.6 is 11.3 Å². The first-order valence-corrected chi connectivity index (χ1v) is 17.0. The van der Waals surface area contributed by atoms with E-state index in [0.717, 1.165) is 65.1 Å². The van der Waals surface area contributed by atoms with Crippen LogP contribution < -0.4 is 0 Å². The second-order valence-corrected chi connectivity index (χ2v) is 13.3. The van der Waals surface area contributed by atoms with Crippen molar-refractivity contribution in [3.05, 3.63) is 152 Å². The highest BCUT2D eigenvalue weighted by molar-refractivity contribution is 7.22. The van der Waals surface area contributed by atoms with Gasteiger partial charge in [-0.2, -0.15) is 0 Å². The molecule has 11 aromatic rings. The Morgan fingerprint density at radius 1 is 0.521 bits per heavy atom. The van der Waals surface area contributed by atoms with Crippen molar-refractivity contribution in [2.24, 2.45) is 0 Å². The largest absolute Gasteiger partial charge is 0.455 e. The van der Waals surface area contributed by atoms with Crippen LogP contribution in [0.5, 0.6) is 0 Å². The van der Waals surface area contributed by atoms with E-state index < -0.39 is 0 Å². The van der Waals surface area contributed by atoms with Crippen molar-refractivity contribution in [1.29, 1.82) is 0 Å². The highest BCUT2D eigenvalue weighted by Gasteiger charge is 2.24. The molecule has 0 bridgehead atoms. The van der Waals surface area contributed by atoms with E-state index in [1.54, 1.807) is 11.3 Å². The first-order valence-electron chi connectivity index (χ1n) is 16.1. The predicted molar refractivity (Wildman–Crippen MR) is 201 cm³/mol. The first kappa shape index (κ1) is 26.0. The second-order valence-electron chi connectivity index (χ2n) is 12.3. The molecule has 4 aromatic heterocycles. The zero-order valence-electron chi connectivity index (χ0n) is 25.6. The summed E-state index contributed by atoms with van der Waals surface area (Å²) in [6, 6.07) is 53.8. The number of thiazole rings is 1. The molecule has 0 fully saturated rings. The Hall–Kier alpha value is -6.17. The lowest BCUT2D eigenvalue weighted by Gasteiger charge is -2.09. The number of hydrogen-bond donors (Lipinski definition) is 0. The van der Waals surface area contributed by atoms with Crippen LogP contribution in [0.2, 0.25) is 0 Å². The zero-order valence-corrected chi connectivity index (χ0v) is 26.4. The molecular formula is C43H25N3OS. The molecule has 0 N–H and O–H groups in total. The van der Waals surface area contributed by atoms with E-state index in [9.17, 15) is 0 Å². The highest BCUT2D eigenvalue weighted by atomic mass is 32.1. The lowest BCUT2D eigenvalue weighted by Crippen LogP contribution is -1.94. The van der Waals surface area contributed by atoms with Gasteiger partial charge in [0.05, 0.1) is 32.3 Å². The summed E-state index contributed by atoms with van der Waals surface area (Å²) < 4.78 is 12.5. The van der Waals surface area contributed by atoms with E-state index in [0.29, 0.717) is 0 Å². The number of aromatic nitrogens is 3. The summed E-state index contributed by atoms with van der Waals surface area (Å²) in [5.74, 6) is 0. The molecular weight excluding hydrogens is 607 g/mol. The first-order chi connectivity index (χ1) is 23.8. The van der Waals surface area contributed by atoms with Crippen LogP contribution in [0.1, 0.15) is 0 Å². The van der Waals surface area contributed by atoms with Crippen LogP contribution in [-0.2, 0) is 0 Å². The Balaban J connectivity index is 1.28. The fraction of sp³-hybridized carbons (Fsp3) is 0. The average Bonchev–Trinajstić information content (AvgIpc) is 3.90. The third kappa shape index (κ3) is 3.46. The van der Waals surface area contributed by atoms with E-state index in [-0.39, 0.29) is 0 Å². The molecule has 0 aliphatic heterocycles. The molecule has 4 heterocycles. The molecule has 224 valence electrons. The standard InChI is InChI=1S/C43H25N3OS/c1-3-13-26(14-4-1)32-25-33-42(39-31-19-9-12-22-37(31)47-41(32)39)48-43(44-33)46-35-21-11-8-18-30(35)38-36(46)24-23-29-28-17-7-10-20-34(28)45(40(29)38)27-15-5-2-6-16-27/h1-25H. The fourth-order valence-corrected chi connectivity index (χ4v) is 8.88. The molecule has 11 rings (SSSR count). The van der Waals surface area contributed by atoms with Crippen LogP contribution in [0.4, 0.5) is 0 Å². The Kier molecular flexibility index (Phi) is 5.23. The third-order valence-electron chi connectivity index (χ3n) is 9.75. The zero-order chi connectivity index (χ0) is 31.3. The minimum atomic E-state index is 0.889. The van der Waals surface area contributed by atoms with Gasteiger partial charge in [0.1, 0.15) is 11.2 Å². The fourth-order valence-electron chi connectivity index (χ4n) is 7.75. The Labute approximate surface area is 278 Å². The number of nitrogens with zero attached hydrogens (tertiary/aromatic N) is 3. The smallest absolute Gasteiger partial charge is 0.195 e. The molecule has 5 heteroatoms. The number of furan rings is 1. The normalized spacial score (nSPS) is 12.2. The molecule has 0 aliphatic carbocycles. The summed E-state index contributed by atoms with van der Waals surface area (Å²) in [5, 5.41) is 8.10. The van der Waals surface area contributed by atoms with E-state index in [1.807, 2.05) is 6.07 Å². The maximum absolute atomic E-state index is 6.59. The van der Waals surface area contributed by atoms with Gasteiger partial charge in [0.2, 0.25) is 0 Å². The van der Waals surface area contributed by atoms with Crippen molar-refractivity contribution in [1.82, 2.24) is 14.1 Å². The van der Waals surface area contributed by atoms with E-state index >= 15 is 0 Å². The molecule has 0 saturated carbocycles. The van der Waals surface area contributed by atoms with Crippen LogP contribution in [0, 0.1) is 0 Å². The quantitative estimate of drug-likeness (QED) is 0.194. The Bertz CT molecular complexity index is 3050. The summed E-state index contributed by atoms with van der Waals surface area (Å²) in [4.78, 5) is 5.41. The van der Waals surface area contributed by atoms with Crippen molar-refractivity contribution in [3.8, 4) is 21.9 Å². The summed E-state index contributed by atoms with van der Waals surface area (Å²) in [5.41, 5.74) is 10.8. The highest BCUT2D eigenvalue weighted by Crippen LogP contribution is 2.46. The van der Waals surface area contributed by atoms with E-state index in [4.69, 9.17) is 9.40 Å². The number of hydrogen-bond acceptors (Lipinski definition) is 3. The average molecular weight is 632 g/mol. The Morgan fingerprint density at radius 3 is 2.00 bits per heavy atom. The van der Waals surface area contributed by atoms with Crippen molar-refractivity contribution >= 4 is 87.1 Å². The minimum Gasteiger partial charge on any atom is -0.455 e. The van der Waals surface area contributed by atoms with Gasteiger partial charge in [-0.15, -0.1) is 0 Å². The van der Waals surface area contributed by atoms with Crippen LogP contribution in [0.3, 0.4) is 0 Å². The van der Waals surface area contributed by atoms with Gasteiger partial charge >= 0.3 is 0 Å². The van der Waals surface area contributed by atoms with Crippen LogP contribution in [0.15, 0.2) is 156 Å². The topological polar surface area (TPSA) is 35.9 Å². The summed E-state index contributed by atoms with van der Waals surface area (Å²) in [7, 11) is 0. The number of para-hydroxylation sites is 4. The monoisotopic (exact) mass is 631 g/mol. The number of fused-ring (bicyclic) bond motifs is 12. The van der Waals surface area contributed by atoms with Crippen molar-refractivity contribution in [2.75, 3.05) is 0 Å². The minimum absolute atomic E-state index is 0.889. The van der Waals surface area contributed by atoms with E-state index in [2.05, 4.69) is 155 Å². The van der Waals surface area contributed by atoms with Crippen LogP contribution in [0.25, 0.3) is 97.7 Å². The van der Waals surface area contributed by atoms with Gasteiger partial charge in [-0.3, -0.25) is 4.57 Å².